The number of likely N-dealkylation sites (tertiary alicyclic amines) is 1. The van der Waals surface area contributed by atoms with Crippen molar-refractivity contribution >= 4 is 12.0 Å². The molecule has 158 valence electrons. The van der Waals surface area contributed by atoms with Crippen LogP contribution in [0.2, 0.25) is 0 Å². The first-order valence-electron chi connectivity index (χ1n) is 9.45. The maximum Gasteiger partial charge on any atom is 0.417 e. The number of piperidine rings is 1. The second-order valence-corrected chi connectivity index (χ2v) is 6.97. The number of pyridine rings is 1. The number of carbonyl (C=O) groups excluding carboxylic acids is 1. The van der Waals surface area contributed by atoms with Gasteiger partial charge >= 0.3 is 6.18 Å². The van der Waals surface area contributed by atoms with Crippen molar-refractivity contribution in [3.63, 3.8) is 0 Å². The highest BCUT2D eigenvalue weighted by atomic mass is 19.4. The number of nitrogens with zero attached hydrogens (tertiary/aromatic N) is 2. The molecule has 0 saturated carbocycles. The predicted molar refractivity (Wildman–Crippen MR) is 101 cm³/mol. The van der Waals surface area contributed by atoms with E-state index in [1.54, 1.807) is 17.0 Å². The van der Waals surface area contributed by atoms with Gasteiger partial charge in [-0.15, -0.1) is 0 Å². The van der Waals surface area contributed by atoms with Gasteiger partial charge in [-0.1, -0.05) is 6.07 Å². The fourth-order valence-corrected chi connectivity index (χ4v) is 3.27. The van der Waals surface area contributed by atoms with Crippen molar-refractivity contribution < 1.29 is 32.2 Å². The van der Waals surface area contributed by atoms with Crippen molar-refractivity contribution in [2.24, 2.45) is 0 Å². The molecule has 1 saturated heterocycles. The predicted octanol–water partition coefficient (Wildman–Crippen LogP) is 3.91. The van der Waals surface area contributed by atoms with Crippen molar-refractivity contribution in [2.45, 2.75) is 25.1 Å². The van der Waals surface area contributed by atoms with Crippen LogP contribution in [0.3, 0.4) is 0 Å². The molecule has 3 heterocycles. The summed E-state index contributed by atoms with van der Waals surface area (Å²) < 4.78 is 54.0. The Bertz CT molecular complexity index is 936. The number of carbonyl (C=O) groups is 1. The first kappa shape index (κ1) is 20.1. The summed E-state index contributed by atoms with van der Waals surface area (Å²) in [5.41, 5.74) is 0.0173. The number of ether oxygens (including phenoxy) is 3. The van der Waals surface area contributed by atoms with E-state index in [-0.39, 0.29) is 24.7 Å². The van der Waals surface area contributed by atoms with E-state index in [9.17, 15) is 18.0 Å². The van der Waals surface area contributed by atoms with Gasteiger partial charge in [0.05, 0.1) is 5.56 Å². The summed E-state index contributed by atoms with van der Waals surface area (Å²) in [5, 5.41) is 0. The highest BCUT2D eigenvalue weighted by molar-refractivity contribution is 5.92. The Hall–Kier alpha value is -3.23. The molecule has 1 aromatic heterocycles. The van der Waals surface area contributed by atoms with Crippen LogP contribution in [0.15, 0.2) is 42.6 Å². The second-order valence-electron chi connectivity index (χ2n) is 6.97. The molecule has 2 aliphatic heterocycles. The largest absolute Gasteiger partial charge is 0.474 e. The first-order chi connectivity index (χ1) is 14.4. The normalized spacial score (nSPS) is 16.8. The average molecular weight is 420 g/mol. The Morgan fingerprint density at radius 3 is 2.60 bits per heavy atom. The van der Waals surface area contributed by atoms with Crippen molar-refractivity contribution in [2.75, 3.05) is 19.9 Å². The van der Waals surface area contributed by atoms with Crippen LogP contribution < -0.4 is 14.2 Å². The molecule has 1 fully saturated rings. The highest BCUT2D eigenvalue weighted by Gasteiger charge is 2.31. The molecule has 0 bridgehead atoms. The third-order valence-electron chi connectivity index (χ3n) is 4.92. The van der Waals surface area contributed by atoms with Gasteiger partial charge in [-0.3, -0.25) is 4.79 Å². The standard InChI is InChI=1S/C21H19F3N2O4/c22-21(23,24)15-3-5-19(25-12-15)30-16-7-9-26(10-8-16)20(27)6-2-14-1-4-17-18(11-14)29-13-28-17/h1-6,11-12,16H,7-10,13H2. The quantitative estimate of drug-likeness (QED) is 0.702. The van der Waals surface area contributed by atoms with E-state index in [1.807, 2.05) is 12.1 Å². The molecule has 0 atom stereocenters. The Morgan fingerprint density at radius 1 is 1.13 bits per heavy atom. The summed E-state index contributed by atoms with van der Waals surface area (Å²) in [6.07, 6.45) is 0.518. The third-order valence-corrected chi connectivity index (χ3v) is 4.92. The van der Waals surface area contributed by atoms with E-state index in [4.69, 9.17) is 14.2 Å². The number of hydrogen-bond acceptors (Lipinski definition) is 5. The number of hydrogen-bond donors (Lipinski definition) is 0. The maximum absolute atomic E-state index is 12.6. The molecule has 1 aromatic carbocycles. The van der Waals surface area contributed by atoms with Crippen LogP contribution in [0.4, 0.5) is 13.2 Å². The zero-order valence-electron chi connectivity index (χ0n) is 15.9. The summed E-state index contributed by atoms with van der Waals surface area (Å²) in [5.74, 6) is 1.37. The van der Waals surface area contributed by atoms with Gasteiger partial charge in [0.1, 0.15) is 6.10 Å². The Balaban J connectivity index is 1.27. The van der Waals surface area contributed by atoms with Crippen LogP contribution in [0, 0.1) is 0 Å². The topological polar surface area (TPSA) is 60.9 Å². The van der Waals surface area contributed by atoms with Gasteiger partial charge in [-0.05, 0) is 29.8 Å². The molecule has 30 heavy (non-hydrogen) atoms. The maximum atomic E-state index is 12.6. The number of benzene rings is 1. The molecular weight excluding hydrogens is 401 g/mol. The monoisotopic (exact) mass is 420 g/mol. The lowest BCUT2D eigenvalue weighted by molar-refractivity contribution is -0.137. The highest BCUT2D eigenvalue weighted by Crippen LogP contribution is 2.33. The second kappa shape index (κ2) is 8.25. The Labute approximate surface area is 170 Å². The van der Waals surface area contributed by atoms with Crippen molar-refractivity contribution in [1.82, 2.24) is 9.88 Å². The van der Waals surface area contributed by atoms with Gasteiger partial charge in [-0.2, -0.15) is 13.2 Å². The summed E-state index contributed by atoms with van der Waals surface area (Å²) in [7, 11) is 0. The van der Waals surface area contributed by atoms with Gasteiger partial charge in [0.15, 0.2) is 11.5 Å². The number of rotatable bonds is 4. The summed E-state index contributed by atoms with van der Waals surface area (Å²) >= 11 is 0. The van der Waals surface area contributed by atoms with Crippen molar-refractivity contribution in [1.29, 1.82) is 0 Å². The zero-order chi connectivity index (χ0) is 21.1. The lowest BCUT2D eigenvalue weighted by Crippen LogP contribution is -2.41. The smallest absolute Gasteiger partial charge is 0.417 e. The average Bonchev–Trinajstić information content (AvgIpc) is 3.20. The van der Waals surface area contributed by atoms with E-state index in [2.05, 4.69) is 4.98 Å². The van der Waals surface area contributed by atoms with Crippen LogP contribution in [0.5, 0.6) is 17.4 Å². The lowest BCUT2D eigenvalue weighted by Gasteiger charge is -2.31. The van der Waals surface area contributed by atoms with E-state index >= 15 is 0 Å². The number of fused-ring (bicyclic) bond motifs is 1. The molecule has 2 aliphatic rings. The first-order valence-corrected chi connectivity index (χ1v) is 9.45. The molecule has 6 nitrogen and oxygen atoms in total. The molecule has 0 aliphatic carbocycles. The number of alkyl halides is 3. The van der Waals surface area contributed by atoms with E-state index < -0.39 is 11.7 Å². The van der Waals surface area contributed by atoms with Gasteiger partial charge in [0, 0.05) is 44.3 Å². The van der Waals surface area contributed by atoms with Crippen LogP contribution in [-0.2, 0) is 11.0 Å². The zero-order valence-corrected chi connectivity index (χ0v) is 15.9. The van der Waals surface area contributed by atoms with Crippen molar-refractivity contribution in [3.05, 3.63) is 53.7 Å². The molecular formula is C21H19F3N2O4. The van der Waals surface area contributed by atoms with Gasteiger partial charge in [0.2, 0.25) is 18.6 Å². The van der Waals surface area contributed by atoms with E-state index in [1.165, 1.54) is 12.1 Å². The molecule has 1 amide bonds. The van der Waals surface area contributed by atoms with Crippen molar-refractivity contribution in [3.8, 4) is 17.4 Å². The number of halogens is 3. The molecule has 0 unspecified atom stereocenters. The fraction of sp³-hybridized carbons (Fsp3) is 0.333. The number of aromatic nitrogens is 1. The SMILES string of the molecule is O=C(C=Cc1ccc2c(c1)OCO2)N1CCC(Oc2ccc(C(F)(F)F)cn2)CC1. The van der Waals surface area contributed by atoms with Gasteiger partial charge < -0.3 is 19.1 Å². The minimum Gasteiger partial charge on any atom is -0.474 e. The molecule has 2 aromatic rings. The van der Waals surface area contributed by atoms with Crippen LogP contribution in [-0.4, -0.2) is 41.8 Å². The van der Waals surface area contributed by atoms with Gasteiger partial charge in [0.25, 0.3) is 0 Å². The molecule has 0 spiro atoms. The van der Waals surface area contributed by atoms with E-state index in [0.29, 0.717) is 37.4 Å². The minimum atomic E-state index is -4.43. The third kappa shape index (κ3) is 4.67. The van der Waals surface area contributed by atoms with Gasteiger partial charge in [-0.25, -0.2) is 4.98 Å². The lowest BCUT2D eigenvalue weighted by atomic mass is 10.1. The minimum absolute atomic E-state index is 0.112. The summed E-state index contributed by atoms with van der Waals surface area (Å²) in [6.45, 7) is 1.19. The van der Waals surface area contributed by atoms with Crippen LogP contribution in [0.25, 0.3) is 6.08 Å². The molecule has 9 heteroatoms. The summed E-state index contributed by atoms with van der Waals surface area (Å²) in [6, 6.07) is 7.61. The summed E-state index contributed by atoms with van der Waals surface area (Å²) in [4.78, 5) is 17.9. The van der Waals surface area contributed by atoms with E-state index in [0.717, 1.165) is 17.8 Å². The molecule has 4 rings (SSSR count). The fourth-order valence-electron chi connectivity index (χ4n) is 3.27. The van der Waals surface area contributed by atoms with Crippen LogP contribution in [0.1, 0.15) is 24.0 Å². The van der Waals surface area contributed by atoms with Crippen LogP contribution >= 0.6 is 0 Å². The molecule has 0 N–H and O–H groups in total. The Kier molecular flexibility index (Phi) is 5.52. The number of amides is 1. The molecule has 0 radical (unpaired) electrons. The Morgan fingerprint density at radius 2 is 1.90 bits per heavy atom.